The van der Waals surface area contributed by atoms with Crippen molar-refractivity contribution < 1.29 is 14.3 Å². The van der Waals surface area contributed by atoms with Gasteiger partial charge in [-0.25, -0.2) is 0 Å². The molecule has 134 valence electrons. The summed E-state index contributed by atoms with van der Waals surface area (Å²) >= 11 is 0. The van der Waals surface area contributed by atoms with Crippen LogP contribution in [0.4, 0.5) is 0 Å². The summed E-state index contributed by atoms with van der Waals surface area (Å²) < 4.78 is 4.99. The topological polar surface area (TPSA) is 67.4 Å². The van der Waals surface area contributed by atoms with Crippen LogP contribution in [0.15, 0.2) is 0 Å². The summed E-state index contributed by atoms with van der Waals surface area (Å²) in [5.41, 5.74) is 0. The van der Waals surface area contributed by atoms with E-state index in [2.05, 4.69) is 17.6 Å². The molecule has 5 nitrogen and oxygen atoms in total. The number of amides is 2. The maximum Gasteiger partial charge on any atom is 0.242 e. The van der Waals surface area contributed by atoms with Crippen LogP contribution in [0.3, 0.4) is 0 Å². The average molecular weight is 326 g/mol. The number of methoxy groups -OCH3 is 1. The Balaban J connectivity index is 2.59. The molecule has 0 aromatic carbocycles. The first-order chi connectivity index (χ1) is 11.0. The highest BCUT2D eigenvalue weighted by Gasteiger charge is 2.32. The van der Waals surface area contributed by atoms with E-state index >= 15 is 0 Å². The van der Waals surface area contributed by atoms with Gasteiger partial charge in [-0.15, -0.1) is 0 Å². The zero-order valence-electron chi connectivity index (χ0n) is 15.2. The van der Waals surface area contributed by atoms with Crippen LogP contribution in [0, 0.1) is 17.8 Å². The molecule has 1 aliphatic rings. The van der Waals surface area contributed by atoms with Gasteiger partial charge in [0, 0.05) is 26.2 Å². The highest BCUT2D eigenvalue weighted by molar-refractivity contribution is 5.88. The number of rotatable bonds is 9. The highest BCUT2D eigenvalue weighted by atomic mass is 16.5. The van der Waals surface area contributed by atoms with Crippen LogP contribution in [0.2, 0.25) is 0 Å². The van der Waals surface area contributed by atoms with Crippen LogP contribution in [-0.4, -0.2) is 38.1 Å². The van der Waals surface area contributed by atoms with Crippen molar-refractivity contribution in [2.24, 2.45) is 17.8 Å². The van der Waals surface area contributed by atoms with Crippen molar-refractivity contribution in [2.45, 2.75) is 65.3 Å². The van der Waals surface area contributed by atoms with Crippen LogP contribution < -0.4 is 10.6 Å². The van der Waals surface area contributed by atoms with E-state index in [1.165, 1.54) is 6.42 Å². The maximum absolute atomic E-state index is 12.6. The summed E-state index contributed by atoms with van der Waals surface area (Å²) in [7, 11) is 1.65. The third-order valence-electron chi connectivity index (χ3n) is 5.07. The van der Waals surface area contributed by atoms with Crippen molar-refractivity contribution in [1.82, 2.24) is 10.6 Å². The molecule has 0 unspecified atom stereocenters. The number of carbonyl (C=O) groups excluding carboxylic acids is 2. The Morgan fingerprint density at radius 3 is 2.57 bits per heavy atom. The third kappa shape index (κ3) is 6.50. The molecule has 2 N–H and O–H groups in total. The normalized spacial score (nSPS) is 23.8. The molecular weight excluding hydrogens is 292 g/mol. The Bertz CT molecular complexity index is 373. The summed E-state index contributed by atoms with van der Waals surface area (Å²) in [5.74, 6) is 0.560. The number of hydrogen-bond acceptors (Lipinski definition) is 3. The third-order valence-corrected chi connectivity index (χ3v) is 5.07. The van der Waals surface area contributed by atoms with Crippen molar-refractivity contribution in [3.05, 3.63) is 0 Å². The molecule has 0 saturated heterocycles. The molecular formula is C18H34N2O3. The van der Waals surface area contributed by atoms with Crippen LogP contribution >= 0.6 is 0 Å². The second-order valence-electron chi connectivity index (χ2n) is 6.88. The van der Waals surface area contributed by atoms with Gasteiger partial charge in [-0.2, -0.15) is 0 Å². The zero-order valence-corrected chi connectivity index (χ0v) is 15.2. The molecule has 0 bridgehead atoms. The van der Waals surface area contributed by atoms with Gasteiger partial charge in [-0.1, -0.05) is 40.0 Å². The van der Waals surface area contributed by atoms with Gasteiger partial charge >= 0.3 is 0 Å². The minimum Gasteiger partial charge on any atom is -0.385 e. The first kappa shape index (κ1) is 19.9. The van der Waals surface area contributed by atoms with E-state index in [1.54, 1.807) is 7.11 Å². The monoisotopic (exact) mass is 326 g/mol. The standard InChI is InChI=1S/C18H34N2O3/c1-5-13(2)16(18(22)19-11-8-12-23-4)20-17(21)15-10-7-6-9-14(15)3/h13-16H,5-12H2,1-4H3,(H,19,22)(H,20,21)/t13-,14+,15-,16-/m0/s1. The molecule has 0 spiro atoms. The van der Waals surface area contributed by atoms with Crippen LogP contribution in [0.1, 0.15) is 59.3 Å². The second-order valence-corrected chi connectivity index (χ2v) is 6.88. The highest BCUT2D eigenvalue weighted by Crippen LogP contribution is 2.29. The van der Waals surface area contributed by atoms with Crippen molar-refractivity contribution in [2.75, 3.05) is 20.3 Å². The van der Waals surface area contributed by atoms with Gasteiger partial charge in [0.15, 0.2) is 0 Å². The van der Waals surface area contributed by atoms with Gasteiger partial charge < -0.3 is 15.4 Å². The Kier molecular flexibility index (Phi) is 9.22. The molecule has 1 aliphatic carbocycles. The van der Waals surface area contributed by atoms with E-state index in [0.717, 1.165) is 32.1 Å². The SMILES string of the molecule is CC[C@H](C)[C@H](NC(=O)[C@H]1CCCC[C@H]1C)C(=O)NCCCOC. The first-order valence-electron chi connectivity index (χ1n) is 9.08. The molecule has 0 aromatic rings. The molecule has 0 heterocycles. The predicted molar refractivity (Wildman–Crippen MR) is 92.0 cm³/mol. The molecule has 0 aliphatic heterocycles. The lowest BCUT2D eigenvalue weighted by atomic mass is 9.79. The quantitative estimate of drug-likeness (QED) is 0.640. The van der Waals surface area contributed by atoms with Crippen molar-refractivity contribution in [3.8, 4) is 0 Å². The summed E-state index contributed by atoms with van der Waals surface area (Å²) in [6.07, 6.45) is 6.00. The van der Waals surface area contributed by atoms with Gasteiger partial charge in [0.1, 0.15) is 6.04 Å². The van der Waals surface area contributed by atoms with Gasteiger partial charge in [-0.05, 0) is 31.1 Å². The van der Waals surface area contributed by atoms with Crippen LogP contribution in [-0.2, 0) is 14.3 Å². The van der Waals surface area contributed by atoms with Crippen molar-refractivity contribution in [3.63, 3.8) is 0 Å². The van der Waals surface area contributed by atoms with Gasteiger partial charge in [0.2, 0.25) is 11.8 Å². The summed E-state index contributed by atoms with van der Waals surface area (Å²) in [6.45, 7) is 7.41. The van der Waals surface area contributed by atoms with E-state index in [0.29, 0.717) is 19.1 Å². The molecule has 5 heteroatoms. The molecule has 4 atom stereocenters. The molecule has 1 saturated carbocycles. The lowest BCUT2D eigenvalue weighted by Crippen LogP contribution is -2.52. The molecule has 1 fully saturated rings. The van der Waals surface area contributed by atoms with E-state index in [4.69, 9.17) is 4.74 Å². The summed E-state index contributed by atoms with van der Waals surface area (Å²) in [5, 5.41) is 5.94. The summed E-state index contributed by atoms with van der Waals surface area (Å²) in [4.78, 5) is 25.0. The van der Waals surface area contributed by atoms with Gasteiger partial charge in [0.05, 0.1) is 0 Å². The number of carbonyl (C=O) groups is 2. The Morgan fingerprint density at radius 1 is 1.26 bits per heavy atom. The van der Waals surface area contributed by atoms with E-state index in [1.807, 2.05) is 13.8 Å². The minimum atomic E-state index is -0.441. The molecule has 2 amide bonds. The largest absolute Gasteiger partial charge is 0.385 e. The molecule has 1 rings (SSSR count). The van der Waals surface area contributed by atoms with E-state index in [9.17, 15) is 9.59 Å². The fourth-order valence-corrected chi connectivity index (χ4v) is 3.21. The molecule has 0 radical (unpaired) electrons. The number of hydrogen-bond donors (Lipinski definition) is 2. The first-order valence-corrected chi connectivity index (χ1v) is 9.08. The fourth-order valence-electron chi connectivity index (χ4n) is 3.21. The lowest BCUT2D eigenvalue weighted by Gasteiger charge is -2.31. The van der Waals surface area contributed by atoms with Crippen LogP contribution in [0.5, 0.6) is 0 Å². The second kappa shape index (κ2) is 10.6. The Morgan fingerprint density at radius 2 is 1.96 bits per heavy atom. The van der Waals surface area contributed by atoms with E-state index < -0.39 is 6.04 Å². The Hall–Kier alpha value is -1.10. The zero-order chi connectivity index (χ0) is 17.2. The predicted octanol–water partition coefficient (Wildman–Crippen LogP) is 2.50. The van der Waals surface area contributed by atoms with E-state index in [-0.39, 0.29) is 23.7 Å². The van der Waals surface area contributed by atoms with Crippen molar-refractivity contribution in [1.29, 1.82) is 0 Å². The maximum atomic E-state index is 12.6. The van der Waals surface area contributed by atoms with Gasteiger partial charge in [-0.3, -0.25) is 9.59 Å². The summed E-state index contributed by atoms with van der Waals surface area (Å²) in [6, 6.07) is -0.441. The number of ether oxygens (including phenoxy) is 1. The minimum absolute atomic E-state index is 0.0505. The molecule has 0 aromatic heterocycles. The number of nitrogens with one attached hydrogen (secondary N) is 2. The fraction of sp³-hybridized carbons (Fsp3) is 0.889. The Labute approximate surface area is 140 Å². The lowest BCUT2D eigenvalue weighted by molar-refractivity contribution is -0.133. The molecule has 23 heavy (non-hydrogen) atoms. The van der Waals surface area contributed by atoms with Crippen molar-refractivity contribution >= 4 is 11.8 Å². The average Bonchev–Trinajstić information content (AvgIpc) is 2.55. The van der Waals surface area contributed by atoms with Crippen LogP contribution in [0.25, 0.3) is 0 Å². The van der Waals surface area contributed by atoms with Gasteiger partial charge in [0.25, 0.3) is 0 Å². The smallest absolute Gasteiger partial charge is 0.242 e.